The zero-order valence-corrected chi connectivity index (χ0v) is 21.3. The summed E-state index contributed by atoms with van der Waals surface area (Å²) >= 11 is 11.1. The number of hydrogen-bond acceptors (Lipinski definition) is 5. The lowest BCUT2D eigenvalue weighted by Gasteiger charge is -2.23. The van der Waals surface area contributed by atoms with Crippen LogP contribution in [0.3, 0.4) is 0 Å². The zero-order valence-electron chi connectivity index (χ0n) is 18.1. The number of carbonyl (C=O) groups excluding carboxylic acids is 2. The van der Waals surface area contributed by atoms with Crippen molar-refractivity contribution in [1.82, 2.24) is 20.4 Å². The number of nitrogens with zero attached hydrogens (tertiary/aromatic N) is 2. The number of aryl methyl sites for hydroxylation is 1. The number of nitrogens with one attached hydrogen (secondary N) is 2. The van der Waals surface area contributed by atoms with E-state index in [-0.39, 0.29) is 12.5 Å². The molecule has 0 radical (unpaired) electrons. The maximum absolute atomic E-state index is 13.1. The highest BCUT2D eigenvalue weighted by Crippen LogP contribution is 2.38. The zero-order chi connectivity index (χ0) is 23.5. The summed E-state index contributed by atoms with van der Waals surface area (Å²) in [6.07, 6.45) is 1.13. The molecular weight excluding hydrogens is 516 g/mol. The monoisotopic (exact) mass is 538 g/mol. The molecule has 2 amide bonds. The molecule has 0 aliphatic carbocycles. The summed E-state index contributed by atoms with van der Waals surface area (Å²) in [4.78, 5) is 25.6. The van der Waals surface area contributed by atoms with Crippen molar-refractivity contribution in [3.05, 3.63) is 61.8 Å². The average molecular weight is 540 g/mol. The minimum Gasteiger partial charge on any atom is -0.444 e. The van der Waals surface area contributed by atoms with Crippen LogP contribution in [0.25, 0.3) is 11.3 Å². The van der Waals surface area contributed by atoms with Crippen LogP contribution < -0.4 is 10.6 Å². The molecular formula is C22H24BrClN4O3S. The van der Waals surface area contributed by atoms with Gasteiger partial charge in [-0.15, -0.1) is 11.3 Å². The highest BCUT2D eigenvalue weighted by atomic mass is 79.9. The number of rotatable bonds is 6. The van der Waals surface area contributed by atoms with Gasteiger partial charge in [0, 0.05) is 19.2 Å². The Morgan fingerprint density at radius 3 is 2.56 bits per heavy atom. The van der Waals surface area contributed by atoms with Crippen LogP contribution in [0.5, 0.6) is 0 Å². The Hall–Kier alpha value is -2.36. The Balaban J connectivity index is 1.78. The predicted molar refractivity (Wildman–Crippen MR) is 130 cm³/mol. The van der Waals surface area contributed by atoms with Crippen LogP contribution in [0.2, 0.25) is 4.34 Å². The molecule has 2 heterocycles. The molecule has 10 heteroatoms. The van der Waals surface area contributed by atoms with Crippen molar-refractivity contribution in [3.8, 4) is 11.3 Å². The number of benzene rings is 1. The van der Waals surface area contributed by atoms with Crippen molar-refractivity contribution in [3.63, 3.8) is 0 Å². The van der Waals surface area contributed by atoms with Gasteiger partial charge in [-0.25, -0.2) is 4.79 Å². The summed E-state index contributed by atoms with van der Waals surface area (Å²) in [5.74, 6) is -0.290. The fraction of sp³-hybridized carbons (Fsp3) is 0.318. The molecule has 0 saturated heterocycles. The van der Waals surface area contributed by atoms with Gasteiger partial charge in [0.1, 0.15) is 9.94 Å². The molecule has 2 aromatic heterocycles. The Labute approximate surface area is 204 Å². The maximum Gasteiger partial charge on any atom is 0.407 e. The third-order valence-electron chi connectivity index (χ3n) is 4.42. The second kappa shape index (κ2) is 10.1. The van der Waals surface area contributed by atoms with E-state index in [2.05, 4.69) is 31.7 Å². The van der Waals surface area contributed by atoms with E-state index in [1.807, 2.05) is 37.4 Å². The number of hydrogen-bond donors (Lipinski definition) is 2. The summed E-state index contributed by atoms with van der Waals surface area (Å²) in [5, 5.41) is 9.93. The number of thiophene rings is 1. The number of aromatic nitrogens is 2. The first-order valence-electron chi connectivity index (χ1n) is 9.85. The van der Waals surface area contributed by atoms with E-state index in [9.17, 15) is 9.59 Å². The van der Waals surface area contributed by atoms with Crippen molar-refractivity contribution in [2.75, 3.05) is 6.54 Å². The van der Waals surface area contributed by atoms with E-state index in [0.717, 1.165) is 21.3 Å². The average Bonchev–Trinajstić information content (AvgIpc) is 3.25. The molecule has 1 unspecified atom stereocenters. The first-order chi connectivity index (χ1) is 15.0. The molecule has 0 aliphatic heterocycles. The summed E-state index contributed by atoms with van der Waals surface area (Å²) in [6, 6.07) is 10.7. The number of halogens is 2. The Kier molecular flexibility index (Phi) is 7.63. The molecule has 3 rings (SSSR count). The number of alkyl carbamates (subject to hydrolysis) is 1. The number of carbonyl (C=O) groups is 2. The smallest absolute Gasteiger partial charge is 0.407 e. The van der Waals surface area contributed by atoms with Gasteiger partial charge in [-0.1, -0.05) is 41.9 Å². The molecule has 0 saturated carbocycles. The predicted octanol–water partition coefficient (Wildman–Crippen LogP) is 5.56. The SMILES string of the molecule is Cn1ncc(Br)c1-c1cc(C(=O)NC(CNC(=O)OC(C)(C)C)c2ccccc2)sc1Cl. The minimum atomic E-state index is -0.611. The fourth-order valence-electron chi connectivity index (χ4n) is 3.02. The van der Waals surface area contributed by atoms with Gasteiger partial charge in [0.2, 0.25) is 0 Å². The third kappa shape index (κ3) is 6.11. The van der Waals surface area contributed by atoms with Crippen molar-refractivity contribution in [2.45, 2.75) is 32.4 Å². The van der Waals surface area contributed by atoms with E-state index in [0.29, 0.717) is 9.21 Å². The van der Waals surface area contributed by atoms with Crippen molar-refractivity contribution < 1.29 is 14.3 Å². The van der Waals surface area contributed by atoms with Crippen LogP contribution >= 0.6 is 38.9 Å². The van der Waals surface area contributed by atoms with E-state index in [1.54, 1.807) is 37.7 Å². The molecule has 0 spiro atoms. The van der Waals surface area contributed by atoms with Gasteiger partial charge in [-0.2, -0.15) is 5.10 Å². The molecule has 0 fully saturated rings. The van der Waals surface area contributed by atoms with Crippen LogP contribution in [0, 0.1) is 0 Å². The summed E-state index contributed by atoms with van der Waals surface area (Å²) < 4.78 is 8.27. The first-order valence-corrected chi connectivity index (χ1v) is 11.8. The second-order valence-electron chi connectivity index (χ2n) is 8.08. The van der Waals surface area contributed by atoms with Gasteiger partial charge in [0.15, 0.2) is 0 Å². The van der Waals surface area contributed by atoms with E-state index >= 15 is 0 Å². The number of amides is 2. The molecule has 170 valence electrons. The Bertz CT molecular complexity index is 1090. The van der Waals surface area contributed by atoms with Crippen molar-refractivity contribution in [1.29, 1.82) is 0 Å². The highest BCUT2D eigenvalue weighted by Gasteiger charge is 2.23. The molecule has 2 N–H and O–H groups in total. The molecule has 1 atom stereocenters. The van der Waals surface area contributed by atoms with Gasteiger partial charge < -0.3 is 15.4 Å². The topological polar surface area (TPSA) is 85.3 Å². The standard InChI is InChI=1S/C22H24BrClN4O3S/c1-22(2,3)31-21(30)25-12-16(13-8-6-5-7-9-13)27-20(29)17-10-14(19(24)32-17)18-15(23)11-26-28(18)4/h5-11,16H,12H2,1-4H3,(H,25,30)(H,27,29). The molecule has 0 aliphatic rings. The lowest BCUT2D eigenvalue weighted by molar-refractivity contribution is 0.0520. The van der Waals surface area contributed by atoms with E-state index in [1.165, 1.54) is 11.3 Å². The van der Waals surface area contributed by atoms with Crippen LogP contribution in [-0.2, 0) is 11.8 Å². The van der Waals surface area contributed by atoms with Crippen LogP contribution in [0.15, 0.2) is 47.1 Å². The first kappa shape index (κ1) is 24.3. The van der Waals surface area contributed by atoms with Crippen molar-refractivity contribution >= 4 is 50.9 Å². The third-order valence-corrected chi connectivity index (χ3v) is 6.35. The van der Waals surface area contributed by atoms with Crippen molar-refractivity contribution in [2.24, 2.45) is 7.05 Å². The van der Waals surface area contributed by atoms with Gasteiger partial charge >= 0.3 is 6.09 Å². The fourth-order valence-corrected chi connectivity index (χ4v) is 4.76. The van der Waals surface area contributed by atoms with Crippen LogP contribution in [0.4, 0.5) is 4.79 Å². The lowest BCUT2D eigenvalue weighted by Crippen LogP contribution is -2.40. The van der Waals surface area contributed by atoms with E-state index < -0.39 is 17.7 Å². The van der Waals surface area contributed by atoms with Gasteiger partial charge in [0.05, 0.1) is 27.3 Å². The van der Waals surface area contributed by atoms with Gasteiger partial charge in [-0.05, 0) is 48.3 Å². The van der Waals surface area contributed by atoms with Crippen LogP contribution in [-0.4, -0.2) is 33.9 Å². The maximum atomic E-state index is 13.1. The Morgan fingerprint density at radius 2 is 1.97 bits per heavy atom. The van der Waals surface area contributed by atoms with Gasteiger partial charge in [-0.3, -0.25) is 9.48 Å². The van der Waals surface area contributed by atoms with Crippen LogP contribution in [0.1, 0.15) is 42.0 Å². The van der Waals surface area contributed by atoms with E-state index in [4.69, 9.17) is 16.3 Å². The molecule has 32 heavy (non-hydrogen) atoms. The summed E-state index contributed by atoms with van der Waals surface area (Å²) in [7, 11) is 1.81. The molecule has 1 aromatic carbocycles. The minimum absolute atomic E-state index is 0.171. The quantitative estimate of drug-likeness (QED) is 0.429. The summed E-state index contributed by atoms with van der Waals surface area (Å²) in [5.41, 5.74) is 1.75. The highest BCUT2D eigenvalue weighted by molar-refractivity contribution is 9.10. The number of ether oxygens (including phenoxy) is 1. The molecule has 0 bridgehead atoms. The Morgan fingerprint density at radius 1 is 1.28 bits per heavy atom. The second-order valence-corrected chi connectivity index (χ2v) is 10.6. The molecule has 7 nitrogen and oxygen atoms in total. The molecule has 3 aromatic rings. The summed E-state index contributed by atoms with van der Waals surface area (Å²) in [6.45, 7) is 5.55. The van der Waals surface area contributed by atoms with Gasteiger partial charge in [0.25, 0.3) is 5.91 Å². The largest absolute Gasteiger partial charge is 0.444 e. The normalized spacial score (nSPS) is 12.3. The lowest BCUT2D eigenvalue weighted by atomic mass is 10.1.